The smallest absolute Gasteiger partial charge is 0.229 e. The largest absolute Gasteiger partial charge is 0.324 e. The second-order valence-electron chi connectivity index (χ2n) is 9.94. The molecule has 35 heavy (non-hydrogen) atoms. The second kappa shape index (κ2) is 9.07. The van der Waals surface area contributed by atoms with E-state index in [1.165, 1.54) is 35.7 Å². The summed E-state index contributed by atoms with van der Waals surface area (Å²) in [5.74, 6) is 1.86. The Labute approximate surface area is 206 Å². The van der Waals surface area contributed by atoms with E-state index >= 15 is 0 Å². The number of benzene rings is 1. The predicted molar refractivity (Wildman–Crippen MR) is 140 cm³/mol. The molecule has 0 bridgehead atoms. The number of rotatable bonds is 5. The van der Waals surface area contributed by atoms with Crippen molar-refractivity contribution in [1.29, 1.82) is 5.26 Å². The molecular formula is C26H30N7OP. The minimum atomic E-state index is -2.52. The van der Waals surface area contributed by atoms with Gasteiger partial charge in [-0.25, -0.2) is 9.97 Å². The van der Waals surface area contributed by atoms with E-state index in [-0.39, 0.29) is 0 Å². The fraction of sp³-hybridized carbons (Fsp3) is 0.385. The Kier molecular flexibility index (Phi) is 6.08. The van der Waals surface area contributed by atoms with Crippen molar-refractivity contribution in [3.63, 3.8) is 0 Å². The molecule has 2 N–H and O–H groups in total. The SMILES string of the molecule is Cc1c(Nc2ncc(C#N)c(Nc3cccc(P(C)(C)=O)n3)n2)cc2c3c1CCCC3CN(C)C2. The molecule has 1 atom stereocenters. The summed E-state index contributed by atoms with van der Waals surface area (Å²) >= 11 is 0. The summed E-state index contributed by atoms with van der Waals surface area (Å²) in [6, 6.07) is 9.68. The molecule has 0 spiro atoms. The van der Waals surface area contributed by atoms with Crippen LogP contribution in [0.3, 0.4) is 0 Å². The van der Waals surface area contributed by atoms with Crippen molar-refractivity contribution in [1.82, 2.24) is 19.9 Å². The molecule has 180 valence electrons. The lowest BCUT2D eigenvalue weighted by Gasteiger charge is -2.38. The third kappa shape index (κ3) is 4.67. The Balaban J connectivity index is 1.48. The topological polar surface area (TPSA) is 107 Å². The average Bonchev–Trinajstić information content (AvgIpc) is 2.82. The van der Waals surface area contributed by atoms with Crippen molar-refractivity contribution in [2.24, 2.45) is 0 Å². The van der Waals surface area contributed by atoms with Gasteiger partial charge in [-0.2, -0.15) is 10.2 Å². The van der Waals surface area contributed by atoms with Crippen LogP contribution in [0.4, 0.5) is 23.3 Å². The summed E-state index contributed by atoms with van der Waals surface area (Å²) in [5, 5.41) is 16.1. The molecule has 2 aliphatic rings. The summed E-state index contributed by atoms with van der Waals surface area (Å²) in [4.78, 5) is 15.9. The van der Waals surface area contributed by atoms with Gasteiger partial charge in [0.05, 0.1) is 6.20 Å². The van der Waals surface area contributed by atoms with Gasteiger partial charge in [0, 0.05) is 18.8 Å². The van der Waals surface area contributed by atoms with Gasteiger partial charge in [0.2, 0.25) is 5.95 Å². The number of hydrogen-bond donors (Lipinski definition) is 2. The Bertz CT molecular complexity index is 1390. The monoisotopic (exact) mass is 487 g/mol. The summed E-state index contributed by atoms with van der Waals surface area (Å²) in [6.07, 6.45) is 5.08. The maximum absolute atomic E-state index is 12.5. The zero-order valence-corrected chi connectivity index (χ0v) is 21.5. The number of nitriles is 1. The molecule has 2 aromatic heterocycles. The van der Waals surface area contributed by atoms with Crippen LogP contribution in [-0.2, 0) is 17.5 Å². The van der Waals surface area contributed by atoms with E-state index in [9.17, 15) is 9.83 Å². The van der Waals surface area contributed by atoms with Gasteiger partial charge in [-0.15, -0.1) is 0 Å². The highest BCUT2D eigenvalue weighted by Crippen LogP contribution is 2.42. The van der Waals surface area contributed by atoms with Crippen LogP contribution in [0.15, 0.2) is 30.5 Å². The predicted octanol–water partition coefficient (Wildman–Crippen LogP) is 4.65. The zero-order valence-electron chi connectivity index (χ0n) is 20.6. The van der Waals surface area contributed by atoms with Gasteiger partial charge in [-0.05, 0) is 92.9 Å². The van der Waals surface area contributed by atoms with Crippen molar-refractivity contribution in [3.8, 4) is 6.07 Å². The van der Waals surface area contributed by atoms with Crippen molar-refractivity contribution in [2.45, 2.75) is 38.6 Å². The molecule has 5 rings (SSSR count). The van der Waals surface area contributed by atoms with Gasteiger partial charge < -0.3 is 20.1 Å². The third-order valence-corrected chi connectivity index (χ3v) is 8.25. The van der Waals surface area contributed by atoms with E-state index in [0.29, 0.717) is 34.5 Å². The Morgan fingerprint density at radius 3 is 2.83 bits per heavy atom. The first kappa shape index (κ1) is 23.5. The zero-order chi connectivity index (χ0) is 24.7. The summed E-state index contributed by atoms with van der Waals surface area (Å²) in [5.41, 5.74) is 7.47. The highest BCUT2D eigenvalue weighted by molar-refractivity contribution is 7.69. The number of nitrogens with one attached hydrogen (secondary N) is 2. The van der Waals surface area contributed by atoms with E-state index in [2.05, 4.69) is 56.6 Å². The molecule has 1 aromatic carbocycles. The van der Waals surface area contributed by atoms with Gasteiger partial charge in [-0.1, -0.05) is 6.07 Å². The molecule has 1 aliphatic carbocycles. The van der Waals surface area contributed by atoms with E-state index in [1.807, 2.05) is 0 Å². The molecular weight excluding hydrogens is 457 g/mol. The average molecular weight is 488 g/mol. The minimum Gasteiger partial charge on any atom is -0.324 e. The molecule has 0 fully saturated rings. The van der Waals surface area contributed by atoms with Crippen molar-refractivity contribution in [2.75, 3.05) is 37.6 Å². The highest BCUT2D eigenvalue weighted by Gasteiger charge is 2.30. The summed E-state index contributed by atoms with van der Waals surface area (Å²) < 4.78 is 12.5. The van der Waals surface area contributed by atoms with E-state index < -0.39 is 7.14 Å². The number of pyridine rings is 1. The Hall–Kier alpha value is -3.27. The highest BCUT2D eigenvalue weighted by atomic mass is 31.2. The van der Waals surface area contributed by atoms with Crippen LogP contribution in [0.1, 0.15) is 46.6 Å². The number of likely N-dealkylation sites (N-methyl/N-ethyl adjacent to an activating group) is 1. The van der Waals surface area contributed by atoms with E-state index in [1.54, 1.807) is 37.1 Å². The van der Waals surface area contributed by atoms with Crippen molar-refractivity contribution in [3.05, 3.63) is 58.3 Å². The van der Waals surface area contributed by atoms with Gasteiger partial charge >= 0.3 is 0 Å². The van der Waals surface area contributed by atoms with Crippen molar-refractivity contribution >= 4 is 35.8 Å². The maximum Gasteiger partial charge on any atom is 0.229 e. The Morgan fingerprint density at radius 1 is 1.23 bits per heavy atom. The fourth-order valence-electron chi connectivity index (χ4n) is 5.25. The van der Waals surface area contributed by atoms with Gasteiger partial charge in [0.1, 0.15) is 30.0 Å². The molecule has 3 heterocycles. The quantitative estimate of drug-likeness (QED) is 0.501. The molecule has 9 heteroatoms. The lowest BCUT2D eigenvalue weighted by molar-refractivity contribution is 0.266. The molecule has 0 saturated carbocycles. The Morgan fingerprint density at radius 2 is 2.06 bits per heavy atom. The first-order valence-corrected chi connectivity index (χ1v) is 14.5. The van der Waals surface area contributed by atoms with Crippen LogP contribution in [0.2, 0.25) is 0 Å². The molecule has 0 amide bonds. The lowest BCUT2D eigenvalue weighted by atomic mass is 9.76. The third-order valence-electron chi connectivity index (χ3n) is 6.89. The van der Waals surface area contributed by atoms with E-state index in [0.717, 1.165) is 25.2 Å². The lowest BCUT2D eigenvalue weighted by Crippen LogP contribution is -2.33. The molecule has 8 nitrogen and oxygen atoms in total. The second-order valence-corrected chi connectivity index (χ2v) is 13.1. The number of aromatic nitrogens is 3. The fourth-order valence-corrected chi connectivity index (χ4v) is 6.04. The van der Waals surface area contributed by atoms with Crippen LogP contribution in [-0.4, -0.2) is 46.8 Å². The standard InChI is InChI=1S/C26H30N7OP/c1-16-20-8-5-7-17-14-33(2)15-18(24(17)20)11-21(16)29-26-28-13-19(12-27)25(32-26)31-22-9-6-10-23(30-22)35(3,4)34/h6,9-11,13,17H,5,7-8,14-15H2,1-4H3,(H2,28,29,30,31,32). The van der Waals surface area contributed by atoms with Gasteiger partial charge in [0.25, 0.3) is 0 Å². The first-order valence-electron chi connectivity index (χ1n) is 11.9. The van der Waals surface area contributed by atoms with Crippen LogP contribution in [0.5, 0.6) is 0 Å². The number of hydrogen-bond acceptors (Lipinski definition) is 8. The first-order chi connectivity index (χ1) is 16.7. The summed E-state index contributed by atoms with van der Waals surface area (Å²) in [6.45, 7) is 7.60. The number of nitrogens with zero attached hydrogens (tertiary/aromatic N) is 5. The van der Waals surface area contributed by atoms with Crippen molar-refractivity contribution < 1.29 is 4.57 Å². The molecule has 0 saturated heterocycles. The number of anilines is 4. The molecule has 0 radical (unpaired) electrons. The molecule has 3 aromatic rings. The van der Waals surface area contributed by atoms with Crippen LogP contribution in [0.25, 0.3) is 0 Å². The minimum absolute atomic E-state index is 0.306. The molecule has 1 aliphatic heterocycles. The van der Waals surface area contributed by atoms with Crippen LogP contribution >= 0.6 is 7.14 Å². The normalized spacial score (nSPS) is 17.4. The van der Waals surface area contributed by atoms with E-state index in [4.69, 9.17) is 0 Å². The van der Waals surface area contributed by atoms with Gasteiger partial charge in [-0.3, -0.25) is 0 Å². The van der Waals surface area contributed by atoms with Crippen LogP contribution in [0, 0.1) is 18.3 Å². The maximum atomic E-state index is 12.5. The van der Waals surface area contributed by atoms with Gasteiger partial charge in [0.15, 0.2) is 5.82 Å². The van der Waals surface area contributed by atoms with Crippen LogP contribution < -0.4 is 16.1 Å². The summed E-state index contributed by atoms with van der Waals surface area (Å²) in [7, 11) is -0.331. The molecule has 1 unspecified atom stereocenters.